The van der Waals surface area contributed by atoms with Crippen molar-refractivity contribution >= 4 is 0 Å². The van der Waals surface area contributed by atoms with Gasteiger partial charge in [0.15, 0.2) is 5.82 Å². The maximum atomic E-state index is 4.49. The van der Waals surface area contributed by atoms with Crippen LogP contribution >= 0.6 is 0 Å². The SMILES string of the molecule is Cn1ncc2c1CCC[C@@H]2NCc1cnc(-c2ccccc2)nc1. The van der Waals surface area contributed by atoms with Crippen molar-refractivity contribution in [3.05, 3.63) is 65.7 Å². The molecule has 0 fully saturated rings. The smallest absolute Gasteiger partial charge is 0.159 e. The summed E-state index contributed by atoms with van der Waals surface area (Å²) in [4.78, 5) is 8.99. The van der Waals surface area contributed by atoms with Crippen LogP contribution in [0.3, 0.4) is 0 Å². The molecule has 2 heterocycles. The Labute approximate surface area is 141 Å². The van der Waals surface area contributed by atoms with Crippen molar-refractivity contribution in [3.8, 4) is 11.4 Å². The summed E-state index contributed by atoms with van der Waals surface area (Å²) < 4.78 is 2.00. The zero-order chi connectivity index (χ0) is 16.4. The molecule has 1 aliphatic carbocycles. The van der Waals surface area contributed by atoms with Gasteiger partial charge in [0, 0.05) is 54.4 Å². The molecule has 1 atom stereocenters. The molecule has 4 rings (SSSR count). The maximum Gasteiger partial charge on any atom is 0.159 e. The average Bonchev–Trinajstić information content (AvgIpc) is 3.03. The van der Waals surface area contributed by atoms with E-state index in [1.807, 2.05) is 60.7 Å². The highest BCUT2D eigenvalue weighted by Gasteiger charge is 2.22. The maximum absolute atomic E-state index is 4.49. The van der Waals surface area contributed by atoms with E-state index in [-0.39, 0.29) is 0 Å². The molecule has 5 nitrogen and oxygen atoms in total. The second-order valence-corrected chi connectivity index (χ2v) is 6.28. The lowest BCUT2D eigenvalue weighted by molar-refractivity contribution is 0.451. The minimum atomic E-state index is 0.372. The van der Waals surface area contributed by atoms with Crippen molar-refractivity contribution in [2.75, 3.05) is 0 Å². The summed E-state index contributed by atoms with van der Waals surface area (Å²) in [5.74, 6) is 0.770. The Kier molecular flexibility index (Phi) is 4.09. The number of aromatic nitrogens is 4. The van der Waals surface area contributed by atoms with Gasteiger partial charge < -0.3 is 5.32 Å². The molecule has 0 saturated carbocycles. The number of hydrogen-bond acceptors (Lipinski definition) is 4. The summed E-state index contributed by atoms with van der Waals surface area (Å²) in [7, 11) is 2.03. The van der Waals surface area contributed by atoms with Crippen LogP contribution in [0.25, 0.3) is 11.4 Å². The van der Waals surface area contributed by atoms with Gasteiger partial charge in [0.25, 0.3) is 0 Å². The molecule has 0 unspecified atom stereocenters. The molecular weight excluding hydrogens is 298 g/mol. The molecule has 0 saturated heterocycles. The predicted octanol–water partition coefficient (Wildman–Crippen LogP) is 3.04. The Hall–Kier alpha value is -2.53. The molecule has 1 aromatic carbocycles. The third kappa shape index (κ3) is 2.95. The van der Waals surface area contributed by atoms with E-state index in [1.165, 1.54) is 17.7 Å². The largest absolute Gasteiger partial charge is 0.306 e. The first-order valence-corrected chi connectivity index (χ1v) is 8.42. The molecule has 122 valence electrons. The summed E-state index contributed by atoms with van der Waals surface area (Å²) >= 11 is 0. The van der Waals surface area contributed by atoms with Crippen LogP contribution in [0.15, 0.2) is 48.9 Å². The Balaban J connectivity index is 1.44. The molecule has 5 heteroatoms. The first kappa shape index (κ1) is 15.0. The second-order valence-electron chi connectivity index (χ2n) is 6.28. The monoisotopic (exact) mass is 319 g/mol. The van der Waals surface area contributed by atoms with Crippen LogP contribution in [-0.2, 0) is 20.0 Å². The lowest BCUT2D eigenvalue weighted by Gasteiger charge is -2.23. The van der Waals surface area contributed by atoms with Gasteiger partial charge in [-0.3, -0.25) is 4.68 Å². The Bertz CT molecular complexity index is 808. The van der Waals surface area contributed by atoms with E-state index in [0.29, 0.717) is 6.04 Å². The fourth-order valence-corrected chi connectivity index (χ4v) is 3.34. The van der Waals surface area contributed by atoms with Crippen LogP contribution in [0.5, 0.6) is 0 Å². The van der Waals surface area contributed by atoms with Gasteiger partial charge in [-0.25, -0.2) is 9.97 Å². The average molecular weight is 319 g/mol. The molecule has 2 aromatic heterocycles. The van der Waals surface area contributed by atoms with Crippen molar-refractivity contribution in [1.29, 1.82) is 0 Å². The van der Waals surface area contributed by atoms with E-state index < -0.39 is 0 Å². The van der Waals surface area contributed by atoms with E-state index in [4.69, 9.17) is 0 Å². The summed E-state index contributed by atoms with van der Waals surface area (Å²) in [6.45, 7) is 0.772. The van der Waals surface area contributed by atoms with Crippen molar-refractivity contribution < 1.29 is 0 Å². The van der Waals surface area contributed by atoms with E-state index >= 15 is 0 Å². The zero-order valence-corrected chi connectivity index (χ0v) is 13.8. The minimum absolute atomic E-state index is 0.372. The summed E-state index contributed by atoms with van der Waals surface area (Å²) in [5.41, 5.74) is 4.84. The van der Waals surface area contributed by atoms with Gasteiger partial charge in [-0.05, 0) is 19.3 Å². The van der Waals surface area contributed by atoms with Crippen molar-refractivity contribution in [3.63, 3.8) is 0 Å². The summed E-state index contributed by atoms with van der Waals surface area (Å²) in [6.07, 6.45) is 9.31. The fourth-order valence-electron chi connectivity index (χ4n) is 3.34. The molecule has 0 spiro atoms. The van der Waals surface area contributed by atoms with Gasteiger partial charge >= 0.3 is 0 Å². The third-order valence-electron chi connectivity index (χ3n) is 4.67. The van der Waals surface area contributed by atoms with Crippen LogP contribution in [0.1, 0.15) is 35.7 Å². The van der Waals surface area contributed by atoms with Crippen LogP contribution < -0.4 is 5.32 Å². The lowest BCUT2D eigenvalue weighted by Crippen LogP contribution is -2.25. The van der Waals surface area contributed by atoms with Gasteiger partial charge in [-0.15, -0.1) is 0 Å². The molecule has 0 bridgehead atoms. The van der Waals surface area contributed by atoms with Gasteiger partial charge in [0.05, 0.1) is 6.20 Å². The molecule has 24 heavy (non-hydrogen) atoms. The highest BCUT2D eigenvalue weighted by molar-refractivity contribution is 5.53. The number of aryl methyl sites for hydroxylation is 1. The Morgan fingerprint density at radius 3 is 2.71 bits per heavy atom. The molecule has 1 N–H and O–H groups in total. The highest BCUT2D eigenvalue weighted by atomic mass is 15.3. The molecule has 0 aliphatic heterocycles. The van der Waals surface area contributed by atoms with Gasteiger partial charge in [-0.1, -0.05) is 30.3 Å². The minimum Gasteiger partial charge on any atom is -0.306 e. The first-order valence-electron chi connectivity index (χ1n) is 8.42. The number of benzene rings is 1. The molecule has 3 aromatic rings. The molecule has 1 aliphatic rings. The zero-order valence-electron chi connectivity index (χ0n) is 13.8. The quantitative estimate of drug-likeness (QED) is 0.803. The van der Waals surface area contributed by atoms with Crippen LogP contribution in [0.4, 0.5) is 0 Å². The number of nitrogens with zero attached hydrogens (tertiary/aromatic N) is 4. The standard InChI is InChI=1S/C19H21N5/c1-24-18-9-5-8-17(16(18)13-23-24)20-10-14-11-21-19(22-12-14)15-6-3-2-4-7-15/h2-4,6-7,11-13,17,20H,5,8-10H2,1H3/t17-/m0/s1. The van der Waals surface area contributed by atoms with E-state index in [9.17, 15) is 0 Å². The van der Waals surface area contributed by atoms with Gasteiger partial charge in [0.2, 0.25) is 0 Å². The predicted molar refractivity (Wildman–Crippen MR) is 93.2 cm³/mol. The molecule has 0 amide bonds. The molecular formula is C19H21N5. The van der Waals surface area contributed by atoms with Crippen molar-refractivity contribution in [1.82, 2.24) is 25.1 Å². The van der Waals surface area contributed by atoms with Crippen LogP contribution in [0, 0.1) is 0 Å². The van der Waals surface area contributed by atoms with E-state index in [1.54, 1.807) is 0 Å². The summed E-state index contributed by atoms with van der Waals surface area (Å²) in [6, 6.07) is 10.4. The first-order chi connectivity index (χ1) is 11.8. The second kappa shape index (κ2) is 6.53. The number of nitrogens with one attached hydrogen (secondary N) is 1. The van der Waals surface area contributed by atoms with Crippen molar-refractivity contribution in [2.45, 2.75) is 31.8 Å². The van der Waals surface area contributed by atoms with Crippen LogP contribution in [-0.4, -0.2) is 19.7 Å². The topological polar surface area (TPSA) is 55.6 Å². The number of fused-ring (bicyclic) bond motifs is 1. The summed E-state index contributed by atoms with van der Waals surface area (Å²) in [5, 5.41) is 8.03. The number of rotatable bonds is 4. The van der Waals surface area contributed by atoms with E-state index in [2.05, 4.69) is 20.4 Å². The van der Waals surface area contributed by atoms with Gasteiger partial charge in [0.1, 0.15) is 0 Å². The van der Waals surface area contributed by atoms with Crippen LogP contribution in [0.2, 0.25) is 0 Å². The normalized spacial score (nSPS) is 16.8. The fraction of sp³-hybridized carbons (Fsp3) is 0.316. The Morgan fingerprint density at radius 1 is 1.12 bits per heavy atom. The van der Waals surface area contributed by atoms with Gasteiger partial charge in [-0.2, -0.15) is 5.10 Å². The molecule has 0 radical (unpaired) electrons. The van der Waals surface area contributed by atoms with E-state index in [0.717, 1.165) is 36.3 Å². The highest BCUT2D eigenvalue weighted by Crippen LogP contribution is 2.29. The third-order valence-corrected chi connectivity index (χ3v) is 4.67. The number of hydrogen-bond donors (Lipinski definition) is 1. The lowest BCUT2D eigenvalue weighted by atomic mass is 9.93. The van der Waals surface area contributed by atoms with Crippen molar-refractivity contribution in [2.24, 2.45) is 7.05 Å². The Morgan fingerprint density at radius 2 is 1.92 bits per heavy atom.